The maximum Gasteiger partial charge on any atom is 0.258 e. The van der Waals surface area contributed by atoms with Gasteiger partial charge in [0, 0.05) is 29.9 Å². The first-order valence-corrected chi connectivity index (χ1v) is 10.9. The number of benzene rings is 1. The molecule has 1 fully saturated rings. The van der Waals surface area contributed by atoms with Gasteiger partial charge in [-0.2, -0.15) is 0 Å². The fourth-order valence-electron chi connectivity index (χ4n) is 4.49. The molecule has 1 saturated carbocycles. The van der Waals surface area contributed by atoms with Crippen LogP contribution >= 0.6 is 9.24 Å². The lowest BCUT2D eigenvalue weighted by molar-refractivity contribution is 0.316. The number of nitrogens with zero attached hydrogens (tertiary/aromatic N) is 4. The van der Waals surface area contributed by atoms with Gasteiger partial charge in [0.25, 0.3) is 5.56 Å². The van der Waals surface area contributed by atoms with E-state index in [1.807, 2.05) is 48.1 Å². The van der Waals surface area contributed by atoms with Gasteiger partial charge in [0.2, 0.25) is 0 Å². The highest BCUT2D eigenvalue weighted by Crippen LogP contribution is 2.27. The van der Waals surface area contributed by atoms with Crippen molar-refractivity contribution in [3.05, 3.63) is 58.6 Å². The van der Waals surface area contributed by atoms with Crippen LogP contribution in [0, 0.1) is 12.8 Å². The van der Waals surface area contributed by atoms with Crippen molar-refractivity contribution in [1.82, 2.24) is 19.2 Å². The minimum atomic E-state index is 0.110. The highest BCUT2D eigenvalue weighted by atomic mass is 31.0. The Balaban J connectivity index is 1.55. The van der Waals surface area contributed by atoms with Crippen LogP contribution in [0.15, 0.2) is 47.5 Å². The summed E-state index contributed by atoms with van der Waals surface area (Å²) in [6.07, 6.45) is 10.3. The monoisotopic (exact) mass is 404 g/mol. The molecule has 1 atom stereocenters. The van der Waals surface area contributed by atoms with Crippen molar-refractivity contribution >= 4 is 31.0 Å². The van der Waals surface area contributed by atoms with E-state index in [1.165, 1.54) is 32.1 Å². The molecule has 0 spiro atoms. The average molecular weight is 404 g/mol. The Kier molecular flexibility index (Phi) is 4.71. The summed E-state index contributed by atoms with van der Waals surface area (Å²) in [7, 11) is 2.68. The molecule has 0 aliphatic heterocycles. The van der Waals surface area contributed by atoms with E-state index in [2.05, 4.69) is 25.4 Å². The van der Waals surface area contributed by atoms with Crippen LogP contribution in [0.3, 0.4) is 0 Å². The van der Waals surface area contributed by atoms with Gasteiger partial charge in [0.05, 0.1) is 0 Å². The van der Waals surface area contributed by atoms with Crippen molar-refractivity contribution in [2.45, 2.75) is 45.6 Å². The summed E-state index contributed by atoms with van der Waals surface area (Å²) in [6, 6.07) is 10.1. The number of pyridine rings is 2. The second-order valence-electron chi connectivity index (χ2n) is 8.23. The standard InChI is InChI=1S/C23H25N4OP/c1-15-11-20-17(9-10-26(23(20)28)13-16-5-3-2-4-6-16)12-19(15)22-24-21-8-7-18(29)14-27(21)25-22/h7-12,14,16H,2-6,13,29H2,1H3. The van der Waals surface area contributed by atoms with Crippen LogP contribution in [0.4, 0.5) is 0 Å². The van der Waals surface area contributed by atoms with E-state index < -0.39 is 0 Å². The summed E-state index contributed by atoms with van der Waals surface area (Å²) in [6.45, 7) is 2.86. The van der Waals surface area contributed by atoms with Gasteiger partial charge in [-0.05, 0) is 72.3 Å². The van der Waals surface area contributed by atoms with Gasteiger partial charge in [-0.15, -0.1) is 14.3 Å². The van der Waals surface area contributed by atoms with Gasteiger partial charge in [-0.25, -0.2) is 9.50 Å². The first-order valence-electron chi connectivity index (χ1n) is 10.3. The second kappa shape index (κ2) is 7.38. The van der Waals surface area contributed by atoms with Crippen LogP contribution in [-0.4, -0.2) is 19.2 Å². The number of hydrogen-bond donors (Lipinski definition) is 0. The van der Waals surface area contributed by atoms with Gasteiger partial charge < -0.3 is 4.57 Å². The van der Waals surface area contributed by atoms with Crippen LogP contribution in [0.5, 0.6) is 0 Å². The topological polar surface area (TPSA) is 52.2 Å². The van der Waals surface area contributed by atoms with E-state index >= 15 is 0 Å². The number of aromatic nitrogens is 4. The molecule has 0 bridgehead atoms. The lowest BCUT2D eigenvalue weighted by Crippen LogP contribution is -2.24. The summed E-state index contributed by atoms with van der Waals surface area (Å²) in [5.74, 6) is 1.31. The molecular formula is C23H25N4OP. The van der Waals surface area contributed by atoms with Gasteiger partial charge in [0.1, 0.15) is 0 Å². The number of hydrogen-bond acceptors (Lipinski definition) is 3. The molecule has 1 aromatic carbocycles. The number of rotatable bonds is 3. The molecular weight excluding hydrogens is 379 g/mol. The zero-order valence-electron chi connectivity index (χ0n) is 16.6. The number of fused-ring (bicyclic) bond motifs is 2. The maximum absolute atomic E-state index is 13.1. The second-order valence-corrected chi connectivity index (χ2v) is 8.90. The Bertz CT molecular complexity index is 1270. The van der Waals surface area contributed by atoms with Crippen molar-refractivity contribution < 1.29 is 0 Å². The molecule has 3 heterocycles. The minimum Gasteiger partial charge on any atom is -0.315 e. The molecule has 1 aliphatic carbocycles. The molecule has 0 radical (unpaired) electrons. The van der Waals surface area contributed by atoms with Crippen LogP contribution < -0.4 is 10.9 Å². The number of aryl methyl sites for hydroxylation is 1. The fraction of sp³-hybridized carbons (Fsp3) is 0.348. The zero-order valence-corrected chi connectivity index (χ0v) is 17.8. The largest absolute Gasteiger partial charge is 0.315 e. The molecule has 0 saturated heterocycles. The van der Waals surface area contributed by atoms with Gasteiger partial charge in [0.15, 0.2) is 11.5 Å². The Labute approximate surface area is 172 Å². The Morgan fingerprint density at radius 1 is 1.14 bits per heavy atom. The van der Waals surface area contributed by atoms with Crippen molar-refractivity contribution in [3.63, 3.8) is 0 Å². The summed E-state index contributed by atoms with van der Waals surface area (Å²) in [5.41, 5.74) is 2.91. The molecule has 1 unspecified atom stereocenters. The Morgan fingerprint density at radius 3 is 2.79 bits per heavy atom. The smallest absolute Gasteiger partial charge is 0.258 e. The molecule has 5 rings (SSSR count). The van der Waals surface area contributed by atoms with E-state index in [9.17, 15) is 4.79 Å². The van der Waals surface area contributed by atoms with Crippen molar-refractivity contribution in [2.24, 2.45) is 5.92 Å². The van der Waals surface area contributed by atoms with Gasteiger partial charge in [-0.3, -0.25) is 4.79 Å². The first-order chi connectivity index (χ1) is 14.1. The van der Waals surface area contributed by atoms with Crippen molar-refractivity contribution in [3.8, 4) is 11.4 Å². The Morgan fingerprint density at radius 2 is 1.97 bits per heavy atom. The third-order valence-electron chi connectivity index (χ3n) is 6.10. The van der Waals surface area contributed by atoms with Gasteiger partial charge >= 0.3 is 0 Å². The molecule has 4 aromatic rings. The van der Waals surface area contributed by atoms with E-state index in [1.54, 1.807) is 4.52 Å². The van der Waals surface area contributed by atoms with Crippen LogP contribution in [0.2, 0.25) is 0 Å². The quantitative estimate of drug-likeness (QED) is 0.483. The zero-order chi connectivity index (χ0) is 20.0. The average Bonchev–Trinajstić information content (AvgIpc) is 3.14. The van der Waals surface area contributed by atoms with Crippen LogP contribution in [-0.2, 0) is 6.54 Å². The molecule has 0 amide bonds. The molecule has 3 aromatic heterocycles. The SMILES string of the molecule is Cc1cc2c(=O)n(CC3CCCCC3)ccc2cc1-c1nc2ccc(P)cn2n1. The summed E-state index contributed by atoms with van der Waals surface area (Å²) in [4.78, 5) is 17.8. The molecule has 5 nitrogen and oxygen atoms in total. The fourth-order valence-corrected chi connectivity index (χ4v) is 4.72. The summed E-state index contributed by atoms with van der Waals surface area (Å²) < 4.78 is 3.70. The lowest BCUT2D eigenvalue weighted by Gasteiger charge is -2.22. The predicted molar refractivity (Wildman–Crippen MR) is 121 cm³/mol. The third-order valence-corrected chi connectivity index (χ3v) is 6.44. The predicted octanol–water partition coefficient (Wildman–Crippen LogP) is 4.10. The van der Waals surface area contributed by atoms with Crippen LogP contribution in [0.25, 0.3) is 27.8 Å². The van der Waals surface area contributed by atoms with Crippen LogP contribution in [0.1, 0.15) is 37.7 Å². The molecule has 1 aliphatic rings. The summed E-state index contributed by atoms with van der Waals surface area (Å²) in [5, 5.41) is 7.42. The van der Waals surface area contributed by atoms with Crippen molar-refractivity contribution in [1.29, 1.82) is 0 Å². The first kappa shape index (κ1) is 18.5. The highest BCUT2D eigenvalue weighted by Gasteiger charge is 2.16. The molecule has 29 heavy (non-hydrogen) atoms. The lowest BCUT2D eigenvalue weighted by atomic mass is 9.89. The van der Waals surface area contributed by atoms with E-state index in [4.69, 9.17) is 0 Å². The van der Waals surface area contributed by atoms with E-state index in [-0.39, 0.29) is 5.56 Å². The van der Waals surface area contributed by atoms with E-state index in [0.717, 1.165) is 39.4 Å². The summed E-state index contributed by atoms with van der Waals surface area (Å²) >= 11 is 0. The molecule has 148 valence electrons. The van der Waals surface area contributed by atoms with E-state index in [0.29, 0.717) is 11.7 Å². The van der Waals surface area contributed by atoms with Gasteiger partial charge in [-0.1, -0.05) is 19.3 Å². The molecule has 6 heteroatoms. The maximum atomic E-state index is 13.1. The Hall–Kier alpha value is -2.52. The normalized spacial score (nSPS) is 15.4. The molecule has 0 N–H and O–H groups in total. The van der Waals surface area contributed by atoms with Crippen molar-refractivity contribution in [2.75, 3.05) is 0 Å². The third kappa shape index (κ3) is 3.49. The minimum absolute atomic E-state index is 0.110. The highest BCUT2D eigenvalue weighted by molar-refractivity contribution is 7.27.